The Hall–Kier alpha value is -3.53. The van der Waals surface area contributed by atoms with Gasteiger partial charge in [-0.25, -0.2) is 8.42 Å². The first kappa shape index (κ1) is 29.5. The van der Waals surface area contributed by atoms with E-state index in [4.69, 9.17) is 11.6 Å². The molecular weight excluding hydrogens is 584 g/mol. The lowest BCUT2D eigenvalue weighted by Gasteiger charge is -2.41. The summed E-state index contributed by atoms with van der Waals surface area (Å²) < 4.78 is 26.8. The van der Waals surface area contributed by atoms with Crippen LogP contribution in [0.5, 0.6) is 0 Å². The van der Waals surface area contributed by atoms with Gasteiger partial charge >= 0.3 is 0 Å². The number of aliphatic hydroxyl groups excluding tert-OH is 1. The maximum atomic E-state index is 14.2. The summed E-state index contributed by atoms with van der Waals surface area (Å²) >= 11 is 6.13. The summed E-state index contributed by atoms with van der Waals surface area (Å²) in [5, 5.41) is 17.9. The number of para-hydroxylation sites is 1. The quantitative estimate of drug-likeness (QED) is 0.341. The van der Waals surface area contributed by atoms with Crippen LogP contribution in [0, 0.1) is 0 Å². The third kappa shape index (κ3) is 5.98. The number of sulfonamides is 1. The Morgan fingerprint density at radius 2 is 1.74 bits per heavy atom. The molecule has 0 aliphatic carbocycles. The number of halogens is 1. The standard InChI is InChI=1S/C33H37ClN4O4S/c1-43(41,42)38-22-33(27-8-4-5-9-31(27)38)14-16-37(17-15-33)32(40)29(18-23-10-12-26(34)13-11-23)36-30(21-39)28-19-24-6-2-3-7-25(24)20-35-28/h2-13,21,28-29,35-36,39H,14-20,22H2,1H3/b30-21+/t28?,29-/m1/s1. The van der Waals surface area contributed by atoms with E-state index in [1.165, 1.54) is 21.7 Å². The van der Waals surface area contributed by atoms with Gasteiger partial charge in [0.05, 0.1) is 29.9 Å². The molecule has 6 rings (SSSR count). The fourth-order valence-electron chi connectivity index (χ4n) is 6.84. The topological polar surface area (TPSA) is 102 Å². The number of carbonyl (C=O) groups excluding carboxylic acids is 1. The first-order chi connectivity index (χ1) is 20.7. The van der Waals surface area contributed by atoms with Crippen LogP contribution in [-0.4, -0.2) is 62.3 Å². The molecule has 3 aliphatic heterocycles. The molecule has 3 aromatic carbocycles. The third-order valence-corrected chi connectivity index (χ3v) is 10.6. The Bertz CT molecular complexity index is 1630. The predicted octanol–water partition coefficient (Wildman–Crippen LogP) is 4.29. The highest BCUT2D eigenvalue weighted by Gasteiger charge is 2.47. The van der Waals surface area contributed by atoms with Crippen LogP contribution in [0.25, 0.3) is 0 Å². The smallest absolute Gasteiger partial charge is 0.245 e. The number of nitrogens with one attached hydrogen (secondary N) is 2. The zero-order chi connectivity index (χ0) is 30.2. The molecule has 2 atom stereocenters. The molecule has 1 amide bonds. The van der Waals surface area contributed by atoms with Crippen molar-refractivity contribution < 1.29 is 18.3 Å². The van der Waals surface area contributed by atoms with Crippen molar-refractivity contribution in [1.29, 1.82) is 0 Å². The molecule has 43 heavy (non-hydrogen) atoms. The Balaban J connectivity index is 1.21. The average molecular weight is 621 g/mol. The van der Waals surface area contributed by atoms with E-state index in [9.17, 15) is 18.3 Å². The number of aliphatic hydroxyl groups is 1. The van der Waals surface area contributed by atoms with E-state index in [2.05, 4.69) is 22.8 Å². The van der Waals surface area contributed by atoms with Gasteiger partial charge in [-0.2, -0.15) is 0 Å². The van der Waals surface area contributed by atoms with Gasteiger partial charge in [0, 0.05) is 43.0 Å². The van der Waals surface area contributed by atoms with Crippen molar-refractivity contribution >= 4 is 33.2 Å². The van der Waals surface area contributed by atoms with Crippen molar-refractivity contribution in [3.8, 4) is 0 Å². The Kier molecular flexibility index (Phi) is 8.15. The molecule has 3 heterocycles. The van der Waals surface area contributed by atoms with Gasteiger partial charge in [0.25, 0.3) is 0 Å². The second kappa shape index (κ2) is 11.9. The number of likely N-dealkylation sites (tertiary alicyclic amines) is 1. The fourth-order valence-corrected chi connectivity index (χ4v) is 7.97. The number of fused-ring (bicyclic) bond motifs is 3. The van der Waals surface area contributed by atoms with E-state index >= 15 is 0 Å². The van der Waals surface area contributed by atoms with Crippen molar-refractivity contribution in [2.24, 2.45) is 0 Å². The van der Waals surface area contributed by atoms with Gasteiger partial charge < -0.3 is 20.6 Å². The SMILES string of the molecule is CS(=O)(=O)N1CC2(CCN(C(=O)[C@@H](Cc3ccc(Cl)cc3)N/C(=C/O)C3Cc4ccccc4CN3)CC2)c2ccccc21. The zero-order valence-corrected chi connectivity index (χ0v) is 25.7. The largest absolute Gasteiger partial charge is 0.514 e. The molecular formula is C33H37ClN4O4S. The maximum absolute atomic E-state index is 14.2. The summed E-state index contributed by atoms with van der Waals surface area (Å²) in [7, 11) is -3.42. The van der Waals surface area contributed by atoms with Crippen molar-refractivity contribution in [1.82, 2.24) is 15.5 Å². The van der Waals surface area contributed by atoms with Crippen LogP contribution in [0.15, 0.2) is 84.8 Å². The van der Waals surface area contributed by atoms with E-state index < -0.39 is 16.1 Å². The van der Waals surface area contributed by atoms with Gasteiger partial charge in [0.15, 0.2) is 0 Å². The number of amides is 1. The summed E-state index contributed by atoms with van der Waals surface area (Å²) in [4.78, 5) is 16.1. The fraction of sp³-hybridized carbons (Fsp3) is 0.364. The lowest BCUT2D eigenvalue weighted by molar-refractivity contribution is -0.134. The Morgan fingerprint density at radius 3 is 2.44 bits per heavy atom. The number of rotatable bonds is 7. The second-order valence-corrected chi connectivity index (χ2v) is 14.3. The van der Waals surface area contributed by atoms with Crippen LogP contribution >= 0.6 is 11.6 Å². The zero-order valence-electron chi connectivity index (χ0n) is 24.2. The highest BCUT2D eigenvalue weighted by atomic mass is 35.5. The van der Waals surface area contributed by atoms with Gasteiger partial charge in [-0.1, -0.05) is 66.2 Å². The van der Waals surface area contributed by atoms with Crippen LogP contribution in [0.4, 0.5) is 5.69 Å². The van der Waals surface area contributed by atoms with Crippen LogP contribution < -0.4 is 14.9 Å². The summed E-state index contributed by atoms with van der Waals surface area (Å²) in [5.41, 5.74) is 5.43. The minimum atomic E-state index is -3.42. The number of nitrogens with zero attached hydrogens (tertiary/aromatic N) is 2. The summed E-state index contributed by atoms with van der Waals surface area (Å²) in [6, 6.07) is 22.6. The van der Waals surface area contributed by atoms with Crippen molar-refractivity contribution in [2.45, 2.75) is 49.7 Å². The van der Waals surface area contributed by atoms with Crippen molar-refractivity contribution in [3.63, 3.8) is 0 Å². The molecule has 1 fully saturated rings. The Labute approximate surface area is 258 Å². The molecule has 3 N–H and O–H groups in total. The lowest BCUT2D eigenvalue weighted by Crippen LogP contribution is -2.54. The van der Waals surface area contributed by atoms with E-state index in [0.29, 0.717) is 62.6 Å². The minimum Gasteiger partial charge on any atom is -0.514 e. The minimum absolute atomic E-state index is 0.0494. The van der Waals surface area contributed by atoms with Crippen LogP contribution in [0.3, 0.4) is 0 Å². The lowest BCUT2D eigenvalue weighted by atomic mass is 9.74. The van der Waals surface area contributed by atoms with Crippen molar-refractivity contribution in [2.75, 3.05) is 30.2 Å². The number of hydrogen-bond acceptors (Lipinski definition) is 6. The molecule has 1 unspecified atom stereocenters. The van der Waals surface area contributed by atoms with Gasteiger partial charge in [0.1, 0.15) is 6.04 Å². The molecule has 0 aromatic heterocycles. The number of benzene rings is 3. The van der Waals surface area contributed by atoms with Gasteiger partial charge in [-0.05, 0) is 59.7 Å². The van der Waals surface area contributed by atoms with Gasteiger partial charge in [-0.15, -0.1) is 0 Å². The molecule has 3 aliphatic rings. The van der Waals surface area contributed by atoms with Crippen LogP contribution in [-0.2, 0) is 39.6 Å². The average Bonchev–Trinajstić information content (AvgIpc) is 3.34. The molecule has 1 saturated heterocycles. The molecule has 226 valence electrons. The van der Waals surface area contributed by atoms with E-state index in [-0.39, 0.29) is 17.4 Å². The predicted molar refractivity (Wildman–Crippen MR) is 170 cm³/mol. The highest BCUT2D eigenvalue weighted by Crippen LogP contribution is 2.47. The first-order valence-corrected chi connectivity index (χ1v) is 16.9. The molecule has 3 aromatic rings. The normalized spacial score (nSPS) is 20.4. The number of hydrogen-bond donors (Lipinski definition) is 3. The first-order valence-electron chi connectivity index (χ1n) is 14.7. The molecule has 10 heteroatoms. The third-order valence-electron chi connectivity index (χ3n) is 9.21. The molecule has 0 radical (unpaired) electrons. The van der Waals surface area contributed by atoms with E-state index in [1.807, 2.05) is 65.6 Å². The molecule has 1 spiro atoms. The number of piperidine rings is 1. The monoisotopic (exact) mass is 620 g/mol. The number of anilines is 1. The van der Waals surface area contributed by atoms with Crippen molar-refractivity contribution in [3.05, 3.63) is 112 Å². The molecule has 8 nitrogen and oxygen atoms in total. The summed E-state index contributed by atoms with van der Waals surface area (Å²) in [5.74, 6) is -0.0494. The summed E-state index contributed by atoms with van der Waals surface area (Å²) in [6.07, 6.45) is 4.77. The van der Waals surface area contributed by atoms with Gasteiger partial charge in [-0.3, -0.25) is 9.10 Å². The van der Waals surface area contributed by atoms with Crippen LogP contribution in [0.2, 0.25) is 5.02 Å². The second-order valence-electron chi connectivity index (χ2n) is 11.9. The Morgan fingerprint density at radius 1 is 1.07 bits per heavy atom. The van der Waals surface area contributed by atoms with Gasteiger partial charge in [0.2, 0.25) is 15.9 Å². The number of carbonyl (C=O) groups is 1. The highest BCUT2D eigenvalue weighted by molar-refractivity contribution is 7.92. The van der Waals surface area contributed by atoms with Crippen LogP contribution in [0.1, 0.15) is 35.1 Å². The molecule has 0 saturated carbocycles. The maximum Gasteiger partial charge on any atom is 0.245 e. The molecule has 0 bridgehead atoms. The summed E-state index contributed by atoms with van der Waals surface area (Å²) in [6.45, 7) is 2.09. The van der Waals surface area contributed by atoms with E-state index in [1.54, 1.807) is 0 Å². The van der Waals surface area contributed by atoms with E-state index in [0.717, 1.165) is 23.1 Å².